The number of thiocarbonyl (C=S) groups is 1. The lowest BCUT2D eigenvalue weighted by atomic mass is 9.96. The van der Waals surface area contributed by atoms with Crippen molar-refractivity contribution in [1.29, 1.82) is 0 Å². The number of nitrogens with zero attached hydrogens (tertiary/aromatic N) is 4. The lowest BCUT2D eigenvalue weighted by molar-refractivity contribution is 0.0984. The molecule has 1 saturated heterocycles. The van der Waals surface area contributed by atoms with Crippen molar-refractivity contribution in [3.63, 3.8) is 0 Å². The number of carbonyl (C=O) groups excluding carboxylic acids is 1. The number of hydrogen-bond acceptors (Lipinski definition) is 5. The molecule has 0 atom stereocenters. The molecule has 8 nitrogen and oxygen atoms in total. The van der Waals surface area contributed by atoms with E-state index in [2.05, 4.69) is 37.2 Å². The van der Waals surface area contributed by atoms with Crippen LogP contribution in [0.5, 0.6) is 5.75 Å². The third kappa shape index (κ3) is 6.27. The molecular formula is C29H36N6O2S. The summed E-state index contributed by atoms with van der Waals surface area (Å²) in [6.45, 7) is 4.01. The lowest BCUT2D eigenvalue weighted by Gasteiger charge is -2.38. The van der Waals surface area contributed by atoms with Crippen LogP contribution in [0, 0.1) is 0 Å². The zero-order valence-corrected chi connectivity index (χ0v) is 22.8. The van der Waals surface area contributed by atoms with Crippen LogP contribution in [-0.4, -0.2) is 65.2 Å². The van der Waals surface area contributed by atoms with E-state index >= 15 is 0 Å². The van der Waals surface area contributed by atoms with E-state index in [1.807, 2.05) is 30.3 Å². The molecule has 0 radical (unpaired) electrons. The van der Waals surface area contributed by atoms with Gasteiger partial charge in [-0.15, -0.1) is 0 Å². The van der Waals surface area contributed by atoms with Crippen LogP contribution >= 0.6 is 12.2 Å². The van der Waals surface area contributed by atoms with Crippen LogP contribution in [0.3, 0.4) is 0 Å². The minimum Gasteiger partial charge on any atom is -0.497 e. The van der Waals surface area contributed by atoms with Gasteiger partial charge in [0.05, 0.1) is 25.7 Å². The van der Waals surface area contributed by atoms with Crippen LogP contribution in [-0.2, 0) is 6.54 Å². The number of nitrogens with one attached hydrogen (secondary N) is 2. The average molecular weight is 533 g/mol. The normalized spacial score (nSPS) is 16.2. The molecule has 2 aliphatic rings. The van der Waals surface area contributed by atoms with E-state index in [1.54, 1.807) is 30.6 Å². The zero-order valence-electron chi connectivity index (χ0n) is 21.9. The molecule has 1 aromatic heterocycles. The van der Waals surface area contributed by atoms with E-state index in [0.717, 1.165) is 48.4 Å². The number of carbonyl (C=O) groups is 1. The van der Waals surface area contributed by atoms with E-state index in [1.165, 1.54) is 32.1 Å². The Morgan fingerprint density at radius 3 is 2.55 bits per heavy atom. The molecule has 38 heavy (non-hydrogen) atoms. The highest BCUT2D eigenvalue weighted by Crippen LogP contribution is 2.26. The molecule has 1 aliphatic heterocycles. The number of methoxy groups -OCH3 is 1. The number of aromatic nitrogens is 2. The minimum atomic E-state index is -0.0983. The van der Waals surface area contributed by atoms with Gasteiger partial charge in [-0.2, -0.15) is 0 Å². The van der Waals surface area contributed by atoms with Crippen molar-refractivity contribution in [2.75, 3.05) is 43.1 Å². The molecule has 0 spiro atoms. The standard InChI is InChI=1S/C29H36N6O2S/c1-37-27-9-5-6-22(18-27)28(36)35(20-24-19-30-21-31-24)26-12-10-25(11-13-26)33-14-16-34(17-15-33)29(38)32-23-7-3-2-4-8-23/h5-6,9-13,18-19,21,23H,2-4,7-8,14-17,20H2,1H3,(H,30,31)(H,32,38). The largest absolute Gasteiger partial charge is 0.497 e. The van der Waals surface area contributed by atoms with Gasteiger partial charge in [0.1, 0.15) is 5.75 Å². The van der Waals surface area contributed by atoms with Gasteiger partial charge in [-0.3, -0.25) is 4.79 Å². The molecule has 0 bridgehead atoms. The third-order valence-electron chi connectivity index (χ3n) is 7.47. The summed E-state index contributed by atoms with van der Waals surface area (Å²) in [7, 11) is 1.60. The fraction of sp³-hybridized carbons (Fsp3) is 0.414. The maximum absolute atomic E-state index is 13.6. The second-order valence-corrected chi connectivity index (χ2v) is 10.4. The van der Waals surface area contributed by atoms with Crippen molar-refractivity contribution in [1.82, 2.24) is 20.2 Å². The van der Waals surface area contributed by atoms with Crippen molar-refractivity contribution in [3.8, 4) is 5.75 Å². The molecule has 5 rings (SSSR count). The maximum atomic E-state index is 13.6. The van der Waals surface area contributed by atoms with Gasteiger partial charge in [-0.1, -0.05) is 25.3 Å². The first-order chi connectivity index (χ1) is 18.6. The summed E-state index contributed by atoms with van der Waals surface area (Å²) in [6, 6.07) is 16.0. The number of amides is 1. The molecule has 1 saturated carbocycles. The smallest absolute Gasteiger partial charge is 0.258 e. The van der Waals surface area contributed by atoms with E-state index in [9.17, 15) is 4.79 Å². The first-order valence-corrected chi connectivity index (χ1v) is 13.8. The highest BCUT2D eigenvalue weighted by Gasteiger charge is 2.23. The summed E-state index contributed by atoms with van der Waals surface area (Å²) in [4.78, 5) is 27.2. The highest BCUT2D eigenvalue weighted by atomic mass is 32.1. The molecule has 2 aromatic carbocycles. The number of anilines is 2. The SMILES string of the molecule is COc1cccc(C(=O)N(Cc2cnc[nH]2)c2ccc(N3CCN(C(=S)NC4CCCCC4)CC3)cc2)c1. The monoisotopic (exact) mass is 532 g/mol. The van der Waals surface area contributed by atoms with Crippen LogP contribution in [0.15, 0.2) is 61.1 Å². The number of piperazine rings is 1. The summed E-state index contributed by atoms with van der Waals surface area (Å²) in [5, 5.41) is 4.50. The number of imidazole rings is 1. The minimum absolute atomic E-state index is 0.0983. The van der Waals surface area contributed by atoms with Crippen LogP contribution in [0.1, 0.15) is 48.2 Å². The average Bonchev–Trinajstić information content (AvgIpc) is 3.50. The van der Waals surface area contributed by atoms with E-state index < -0.39 is 0 Å². The van der Waals surface area contributed by atoms with Gasteiger partial charge in [0.15, 0.2) is 5.11 Å². The Bertz CT molecular complexity index is 1200. The first kappa shape index (κ1) is 26.0. The van der Waals surface area contributed by atoms with E-state index in [4.69, 9.17) is 17.0 Å². The molecule has 200 valence electrons. The Morgan fingerprint density at radius 2 is 1.87 bits per heavy atom. The Morgan fingerprint density at radius 1 is 1.11 bits per heavy atom. The second-order valence-electron chi connectivity index (χ2n) is 9.98. The predicted octanol–water partition coefficient (Wildman–Crippen LogP) is 4.59. The summed E-state index contributed by atoms with van der Waals surface area (Å²) < 4.78 is 5.33. The lowest BCUT2D eigenvalue weighted by Crippen LogP contribution is -2.53. The molecule has 2 fully saturated rings. The van der Waals surface area contributed by atoms with Crippen molar-refractivity contribution >= 4 is 34.6 Å². The fourth-order valence-corrected chi connectivity index (χ4v) is 5.61. The Kier molecular flexibility index (Phi) is 8.43. The number of rotatable bonds is 7. The molecule has 9 heteroatoms. The number of aromatic amines is 1. The van der Waals surface area contributed by atoms with Crippen molar-refractivity contribution in [3.05, 3.63) is 72.3 Å². The second kappa shape index (κ2) is 12.3. The predicted molar refractivity (Wildman–Crippen MR) is 155 cm³/mol. The number of hydrogen-bond donors (Lipinski definition) is 2. The summed E-state index contributed by atoms with van der Waals surface area (Å²) in [5.41, 5.74) is 3.41. The molecule has 1 amide bonds. The van der Waals surface area contributed by atoms with Gasteiger partial charge in [-0.25, -0.2) is 4.98 Å². The molecule has 0 unspecified atom stereocenters. The molecule has 1 aliphatic carbocycles. The van der Waals surface area contributed by atoms with Gasteiger partial charge in [-0.05, 0) is 67.5 Å². The van der Waals surface area contributed by atoms with Crippen molar-refractivity contribution < 1.29 is 9.53 Å². The van der Waals surface area contributed by atoms with Gasteiger partial charge in [0, 0.05) is 55.4 Å². The zero-order chi connectivity index (χ0) is 26.3. The van der Waals surface area contributed by atoms with Crippen LogP contribution in [0.2, 0.25) is 0 Å². The molecule has 2 heterocycles. The number of benzene rings is 2. The highest BCUT2D eigenvalue weighted by molar-refractivity contribution is 7.80. The molecule has 3 aromatic rings. The van der Waals surface area contributed by atoms with Gasteiger partial charge >= 0.3 is 0 Å². The van der Waals surface area contributed by atoms with Crippen LogP contribution < -0.4 is 19.9 Å². The Hall–Kier alpha value is -3.59. The quantitative estimate of drug-likeness (QED) is 0.431. The van der Waals surface area contributed by atoms with Crippen molar-refractivity contribution in [2.45, 2.75) is 44.7 Å². The number of H-pyrrole nitrogens is 1. The van der Waals surface area contributed by atoms with E-state index in [-0.39, 0.29) is 5.91 Å². The van der Waals surface area contributed by atoms with Gasteiger partial charge in [0.25, 0.3) is 5.91 Å². The van der Waals surface area contributed by atoms with Gasteiger partial charge in [0.2, 0.25) is 0 Å². The topological polar surface area (TPSA) is 76.7 Å². The summed E-state index contributed by atoms with van der Waals surface area (Å²) in [6.07, 6.45) is 9.77. The van der Waals surface area contributed by atoms with Crippen LogP contribution in [0.25, 0.3) is 0 Å². The van der Waals surface area contributed by atoms with Crippen LogP contribution in [0.4, 0.5) is 11.4 Å². The Labute approximate surface area is 230 Å². The van der Waals surface area contributed by atoms with Crippen molar-refractivity contribution in [2.24, 2.45) is 0 Å². The fourth-order valence-electron chi connectivity index (χ4n) is 5.26. The Balaban J connectivity index is 1.24. The number of ether oxygens (including phenoxy) is 1. The summed E-state index contributed by atoms with van der Waals surface area (Å²) in [5.74, 6) is 0.555. The first-order valence-electron chi connectivity index (χ1n) is 13.4. The molecular weight excluding hydrogens is 496 g/mol. The maximum Gasteiger partial charge on any atom is 0.258 e. The van der Waals surface area contributed by atoms with E-state index in [0.29, 0.717) is 23.9 Å². The molecule has 2 N–H and O–H groups in total. The van der Waals surface area contributed by atoms with Gasteiger partial charge < -0.3 is 29.7 Å². The summed E-state index contributed by atoms with van der Waals surface area (Å²) >= 11 is 5.73. The third-order valence-corrected chi connectivity index (χ3v) is 7.85.